The Morgan fingerprint density at radius 2 is 2.18 bits per heavy atom. The van der Waals surface area contributed by atoms with Crippen LogP contribution in [-0.2, 0) is 29.5 Å². The van der Waals surface area contributed by atoms with Gasteiger partial charge in [-0.2, -0.15) is 5.10 Å². The van der Waals surface area contributed by atoms with Crippen molar-refractivity contribution in [3.63, 3.8) is 0 Å². The molecule has 0 bridgehead atoms. The van der Waals surface area contributed by atoms with Crippen LogP contribution in [-0.4, -0.2) is 37.1 Å². The second-order valence-electron chi connectivity index (χ2n) is 7.85. The Labute approximate surface area is 194 Å². The average Bonchev–Trinajstić information content (AvgIpc) is 3.45. The summed E-state index contributed by atoms with van der Waals surface area (Å²) in [7, 11) is -2.94. The molecule has 12 heteroatoms. The van der Waals surface area contributed by atoms with E-state index in [2.05, 4.69) is 15.0 Å². The lowest BCUT2D eigenvalue weighted by atomic mass is 9.97. The van der Waals surface area contributed by atoms with Gasteiger partial charge in [-0.05, 0) is 42.7 Å². The SMILES string of the molecule is COc1ccc(F)cc1S(=O)(=O)Nc1noc2cc(Cn3cc(CN)cn3)c3c(c12)OCCC3. The quantitative estimate of drug-likeness (QED) is 0.406. The van der Waals surface area contributed by atoms with E-state index in [1.54, 1.807) is 16.9 Å². The zero-order valence-corrected chi connectivity index (χ0v) is 19.1. The first-order chi connectivity index (χ1) is 16.4. The predicted octanol–water partition coefficient (Wildman–Crippen LogP) is 2.80. The number of halogens is 1. The van der Waals surface area contributed by atoms with E-state index in [1.807, 2.05) is 6.20 Å². The molecule has 0 saturated carbocycles. The molecule has 3 heterocycles. The number of hydrogen-bond acceptors (Lipinski definition) is 8. The fourth-order valence-electron chi connectivity index (χ4n) is 4.05. The number of ether oxygens (including phenoxy) is 2. The van der Waals surface area contributed by atoms with Gasteiger partial charge in [0, 0.05) is 23.9 Å². The van der Waals surface area contributed by atoms with Gasteiger partial charge in [0.25, 0.3) is 10.0 Å². The molecule has 0 atom stereocenters. The lowest BCUT2D eigenvalue weighted by molar-refractivity contribution is 0.291. The topological polar surface area (TPSA) is 134 Å². The molecule has 5 rings (SSSR count). The smallest absolute Gasteiger partial charge is 0.266 e. The molecule has 0 spiro atoms. The molecule has 0 unspecified atom stereocenters. The average molecular weight is 488 g/mol. The molecule has 0 saturated heterocycles. The molecule has 10 nitrogen and oxygen atoms in total. The highest BCUT2D eigenvalue weighted by Crippen LogP contribution is 2.41. The van der Waals surface area contributed by atoms with Gasteiger partial charge in [-0.3, -0.25) is 9.40 Å². The zero-order chi connectivity index (χ0) is 23.9. The van der Waals surface area contributed by atoms with Crippen molar-refractivity contribution in [2.24, 2.45) is 5.73 Å². The van der Waals surface area contributed by atoms with E-state index in [9.17, 15) is 12.8 Å². The van der Waals surface area contributed by atoms with Crippen molar-refractivity contribution in [3.8, 4) is 11.5 Å². The van der Waals surface area contributed by atoms with Crippen LogP contribution in [0.25, 0.3) is 11.0 Å². The minimum Gasteiger partial charge on any atom is -0.495 e. The number of nitrogens with one attached hydrogen (secondary N) is 1. The van der Waals surface area contributed by atoms with Crippen molar-refractivity contribution in [2.45, 2.75) is 30.8 Å². The number of benzene rings is 2. The van der Waals surface area contributed by atoms with Gasteiger partial charge in [-0.25, -0.2) is 12.8 Å². The van der Waals surface area contributed by atoms with Crippen LogP contribution in [0.5, 0.6) is 11.5 Å². The normalized spacial score (nSPS) is 13.5. The second-order valence-corrected chi connectivity index (χ2v) is 9.50. The van der Waals surface area contributed by atoms with Gasteiger partial charge >= 0.3 is 0 Å². The van der Waals surface area contributed by atoms with Crippen molar-refractivity contribution in [1.82, 2.24) is 14.9 Å². The molecule has 3 N–H and O–H groups in total. The molecule has 0 radical (unpaired) electrons. The Kier molecular flexibility index (Phi) is 5.62. The Hall–Kier alpha value is -3.64. The number of sulfonamides is 1. The summed E-state index contributed by atoms with van der Waals surface area (Å²) in [6.45, 7) is 1.32. The van der Waals surface area contributed by atoms with Crippen LogP contribution in [0.2, 0.25) is 0 Å². The summed E-state index contributed by atoms with van der Waals surface area (Å²) < 4.78 is 60.7. The van der Waals surface area contributed by atoms with Gasteiger partial charge in [0.15, 0.2) is 11.4 Å². The van der Waals surface area contributed by atoms with Crippen molar-refractivity contribution in [1.29, 1.82) is 0 Å². The lowest BCUT2D eigenvalue weighted by Crippen LogP contribution is -2.16. The molecule has 0 aliphatic carbocycles. The zero-order valence-electron chi connectivity index (χ0n) is 18.2. The van der Waals surface area contributed by atoms with Crippen LogP contribution in [0.4, 0.5) is 10.2 Å². The predicted molar refractivity (Wildman–Crippen MR) is 121 cm³/mol. The van der Waals surface area contributed by atoms with E-state index >= 15 is 0 Å². The summed E-state index contributed by atoms with van der Waals surface area (Å²) in [5, 5.41) is 8.68. The summed E-state index contributed by atoms with van der Waals surface area (Å²) in [6, 6.07) is 5.05. The van der Waals surface area contributed by atoms with E-state index < -0.39 is 15.8 Å². The molecule has 2 aromatic heterocycles. The molecule has 0 fully saturated rings. The molecule has 1 aliphatic heterocycles. The summed E-state index contributed by atoms with van der Waals surface area (Å²) >= 11 is 0. The Morgan fingerprint density at radius 3 is 2.94 bits per heavy atom. The van der Waals surface area contributed by atoms with Crippen LogP contribution in [0.15, 0.2) is 46.1 Å². The number of nitrogens with zero attached hydrogens (tertiary/aromatic N) is 3. The van der Waals surface area contributed by atoms with E-state index in [1.165, 1.54) is 13.2 Å². The third kappa shape index (κ3) is 3.94. The van der Waals surface area contributed by atoms with Gasteiger partial charge in [-0.1, -0.05) is 5.16 Å². The number of fused-ring (bicyclic) bond motifs is 3. The van der Waals surface area contributed by atoms with Gasteiger partial charge in [0.05, 0.1) is 26.5 Å². The first-order valence-corrected chi connectivity index (χ1v) is 12.0. The Balaban J connectivity index is 1.57. The second kappa shape index (κ2) is 8.61. The first kappa shape index (κ1) is 22.2. The molecule has 4 aromatic rings. The summed E-state index contributed by atoms with van der Waals surface area (Å²) in [5.41, 5.74) is 8.80. The molecule has 34 heavy (non-hydrogen) atoms. The number of methoxy groups -OCH3 is 1. The first-order valence-electron chi connectivity index (χ1n) is 10.5. The van der Waals surface area contributed by atoms with Crippen LogP contribution in [0.1, 0.15) is 23.1 Å². The minimum absolute atomic E-state index is 0.00154. The Bertz CT molecular complexity index is 1480. The lowest BCUT2D eigenvalue weighted by Gasteiger charge is -2.21. The number of aromatic nitrogens is 3. The van der Waals surface area contributed by atoms with Gasteiger partial charge in [0.1, 0.15) is 27.6 Å². The van der Waals surface area contributed by atoms with Crippen LogP contribution < -0.4 is 19.9 Å². The van der Waals surface area contributed by atoms with E-state index in [0.29, 0.717) is 36.4 Å². The number of hydrogen-bond donors (Lipinski definition) is 2. The molecular weight excluding hydrogens is 465 g/mol. The van der Waals surface area contributed by atoms with Crippen molar-refractivity contribution < 1.29 is 26.8 Å². The maximum atomic E-state index is 13.8. The fourth-order valence-corrected chi connectivity index (χ4v) is 5.23. The highest BCUT2D eigenvalue weighted by atomic mass is 32.2. The summed E-state index contributed by atoms with van der Waals surface area (Å²) in [4.78, 5) is -0.355. The summed E-state index contributed by atoms with van der Waals surface area (Å²) in [5.74, 6) is -0.253. The maximum Gasteiger partial charge on any atom is 0.266 e. The highest BCUT2D eigenvalue weighted by molar-refractivity contribution is 7.92. The van der Waals surface area contributed by atoms with Gasteiger partial charge in [0.2, 0.25) is 0 Å². The van der Waals surface area contributed by atoms with Crippen LogP contribution in [0.3, 0.4) is 0 Å². The molecule has 0 amide bonds. The monoisotopic (exact) mass is 487 g/mol. The van der Waals surface area contributed by atoms with E-state index in [4.69, 9.17) is 19.7 Å². The molecule has 2 aromatic carbocycles. The standard InChI is InChI=1S/C22H22FN5O5S/c1-31-17-5-4-15(23)8-19(17)34(29,30)27-22-20-18(33-26-22)7-14(16-3-2-6-32-21(16)20)12-28-11-13(9-24)10-25-28/h4-5,7-8,10-11H,2-3,6,9,12,24H2,1H3,(H,26,27). The van der Waals surface area contributed by atoms with Crippen LogP contribution >= 0.6 is 0 Å². The van der Waals surface area contributed by atoms with E-state index in [0.717, 1.165) is 41.7 Å². The highest BCUT2D eigenvalue weighted by Gasteiger charge is 2.28. The van der Waals surface area contributed by atoms with Crippen LogP contribution in [0, 0.1) is 5.82 Å². The maximum absolute atomic E-state index is 13.8. The molecular formula is C22H22FN5O5S. The number of anilines is 1. The third-order valence-electron chi connectivity index (χ3n) is 5.63. The molecule has 178 valence electrons. The van der Waals surface area contributed by atoms with Gasteiger partial charge < -0.3 is 19.7 Å². The van der Waals surface area contributed by atoms with Gasteiger partial charge in [-0.15, -0.1) is 0 Å². The van der Waals surface area contributed by atoms with E-state index in [-0.39, 0.29) is 16.5 Å². The van der Waals surface area contributed by atoms with Crippen molar-refractivity contribution in [2.75, 3.05) is 18.4 Å². The number of rotatable bonds is 7. The minimum atomic E-state index is -4.24. The Morgan fingerprint density at radius 1 is 1.32 bits per heavy atom. The third-order valence-corrected chi connectivity index (χ3v) is 6.99. The van der Waals surface area contributed by atoms with Crippen molar-refractivity contribution in [3.05, 3.63) is 59.2 Å². The molecule has 1 aliphatic rings. The number of nitrogens with two attached hydrogens (primary N) is 1. The van der Waals surface area contributed by atoms with Crippen molar-refractivity contribution >= 4 is 26.8 Å². The fraction of sp³-hybridized carbons (Fsp3) is 0.273. The largest absolute Gasteiger partial charge is 0.495 e. The summed E-state index contributed by atoms with van der Waals surface area (Å²) in [6.07, 6.45) is 5.13.